The number of nitrogens with zero attached hydrogens (tertiary/aromatic N) is 4. The number of hydrogen-bond donors (Lipinski definition) is 2. The van der Waals surface area contributed by atoms with E-state index < -0.39 is 5.41 Å². The Kier molecular flexibility index (Phi) is 3.24. The SMILES string of the molecule is Nc1ncnc2c1ncn2[C@@H]1C[C@@](CO)(c2ccccc2)CO1. The standard InChI is InChI=1S/C16H17N5O2/c17-14-13-15(19-9-18-14)21(10-20-13)12-6-16(7-22,8-23-12)11-4-2-1-3-5-11/h1-5,9-10,12,22H,6-8H2,(H2,17,18,19)/t12-,16-/m0/s1. The molecule has 0 saturated carbocycles. The van der Waals surface area contributed by atoms with Crippen LogP contribution in [0.4, 0.5) is 5.82 Å². The minimum absolute atomic E-state index is 0.0251. The van der Waals surface area contributed by atoms with Gasteiger partial charge in [0.2, 0.25) is 0 Å². The van der Waals surface area contributed by atoms with Gasteiger partial charge in [-0.25, -0.2) is 15.0 Å². The molecule has 1 aliphatic rings. The Morgan fingerprint density at radius 1 is 1.26 bits per heavy atom. The van der Waals surface area contributed by atoms with Gasteiger partial charge in [0.05, 0.1) is 19.5 Å². The van der Waals surface area contributed by atoms with E-state index in [4.69, 9.17) is 10.5 Å². The molecule has 118 valence electrons. The van der Waals surface area contributed by atoms with Crippen LogP contribution in [-0.4, -0.2) is 37.8 Å². The van der Waals surface area contributed by atoms with E-state index in [1.54, 1.807) is 6.33 Å². The van der Waals surface area contributed by atoms with E-state index >= 15 is 0 Å². The smallest absolute Gasteiger partial charge is 0.167 e. The number of nitrogen functional groups attached to an aromatic ring is 1. The van der Waals surface area contributed by atoms with E-state index in [0.29, 0.717) is 30.0 Å². The number of nitrogens with two attached hydrogens (primary N) is 1. The predicted octanol–water partition coefficient (Wildman–Crippen LogP) is 1.26. The molecule has 7 heteroatoms. The fraction of sp³-hybridized carbons (Fsp3) is 0.312. The summed E-state index contributed by atoms with van der Waals surface area (Å²) in [5.74, 6) is 0.350. The van der Waals surface area contributed by atoms with Gasteiger partial charge in [-0.1, -0.05) is 30.3 Å². The van der Waals surface area contributed by atoms with Crippen molar-refractivity contribution in [3.63, 3.8) is 0 Å². The largest absolute Gasteiger partial charge is 0.395 e. The molecule has 23 heavy (non-hydrogen) atoms. The molecule has 2 aromatic heterocycles. The molecule has 1 saturated heterocycles. The number of aliphatic hydroxyl groups excluding tert-OH is 1. The molecule has 7 nitrogen and oxygen atoms in total. The first kappa shape index (κ1) is 14.1. The Morgan fingerprint density at radius 2 is 2.09 bits per heavy atom. The number of fused-ring (bicyclic) bond motifs is 1. The lowest BCUT2D eigenvalue weighted by Gasteiger charge is -2.25. The van der Waals surface area contributed by atoms with Crippen molar-refractivity contribution in [1.82, 2.24) is 19.5 Å². The van der Waals surface area contributed by atoms with Crippen molar-refractivity contribution in [2.24, 2.45) is 0 Å². The maximum Gasteiger partial charge on any atom is 0.167 e. The van der Waals surface area contributed by atoms with Gasteiger partial charge in [0.15, 0.2) is 11.5 Å². The van der Waals surface area contributed by atoms with E-state index in [9.17, 15) is 5.11 Å². The van der Waals surface area contributed by atoms with E-state index in [-0.39, 0.29) is 12.8 Å². The molecule has 0 unspecified atom stereocenters. The van der Waals surface area contributed by atoms with Crippen LogP contribution in [0.25, 0.3) is 11.2 Å². The first-order valence-electron chi connectivity index (χ1n) is 7.44. The van der Waals surface area contributed by atoms with Crippen LogP contribution in [0.1, 0.15) is 18.2 Å². The Balaban J connectivity index is 1.71. The van der Waals surface area contributed by atoms with Crippen LogP contribution in [0.5, 0.6) is 0 Å². The summed E-state index contributed by atoms with van der Waals surface area (Å²) in [5.41, 5.74) is 7.70. The quantitative estimate of drug-likeness (QED) is 0.755. The molecule has 4 rings (SSSR count). The average Bonchev–Trinajstić information content (AvgIpc) is 3.21. The number of imidazole rings is 1. The molecular formula is C16H17N5O2. The van der Waals surface area contributed by atoms with Gasteiger partial charge in [-0.3, -0.25) is 4.57 Å². The lowest BCUT2D eigenvalue weighted by molar-refractivity contribution is 0.0525. The molecule has 3 heterocycles. The van der Waals surface area contributed by atoms with Crippen LogP contribution < -0.4 is 5.73 Å². The molecule has 0 radical (unpaired) electrons. The zero-order valence-corrected chi connectivity index (χ0v) is 12.5. The fourth-order valence-electron chi connectivity index (χ4n) is 3.16. The van der Waals surface area contributed by atoms with Gasteiger partial charge in [0.25, 0.3) is 0 Å². The second-order valence-electron chi connectivity index (χ2n) is 5.86. The molecule has 1 aliphatic heterocycles. The number of aliphatic hydroxyl groups is 1. The van der Waals surface area contributed by atoms with Crippen molar-refractivity contribution in [2.75, 3.05) is 18.9 Å². The van der Waals surface area contributed by atoms with Gasteiger partial charge < -0.3 is 15.6 Å². The molecule has 1 fully saturated rings. The van der Waals surface area contributed by atoms with Crippen LogP contribution >= 0.6 is 0 Å². The number of anilines is 1. The topological polar surface area (TPSA) is 99.1 Å². The minimum atomic E-state index is -0.416. The second kappa shape index (κ2) is 5.29. The minimum Gasteiger partial charge on any atom is -0.395 e. The van der Waals surface area contributed by atoms with Crippen LogP contribution in [0.15, 0.2) is 43.0 Å². The van der Waals surface area contributed by atoms with Gasteiger partial charge in [-0.2, -0.15) is 0 Å². The van der Waals surface area contributed by atoms with Gasteiger partial charge in [-0.15, -0.1) is 0 Å². The average molecular weight is 311 g/mol. The zero-order valence-electron chi connectivity index (χ0n) is 12.5. The van der Waals surface area contributed by atoms with Crippen molar-refractivity contribution >= 4 is 17.0 Å². The monoisotopic (exact) mass is 311 g/mol. The van der Waals surface area contributed by atoms with Crippen molar-refractivity contribution in [2.45, 2.75) is 18.1 Å². The maximum absolute atomic E-state index is 9.99. The highest BCUT2D eigenvalue weighted by Gasteiger charge is 2.42. The predicted molar refractivity (Wildman–Crippen MR) is 84.5 cm³/mol. The number of benzene rings is 1. The summed E-state index contributed by atoms with van der Waals surface area (Å²) in [6, 6.07) is 9.95. The number of aromatic nitrogens is 4. The first-order valence-corrected chi connectivity index (χ1v) is 7.44. The Hall–Kier alpha value is -2.51. The van der Waals surface area contributed by atoms with Gasteiger partial charge >= 0.3 is 0 Å². The summed E-state index contributed by atoms with van der Waals surface area (Å²) in [6.07, 6.45) is 3.48. The highest BCUT2D eigenvalue weighted by molar-refractivity contribution is 5.81. The first-order chi connectivity index (χ1) is 11.2. The van der Waals surface area contributed by atoms with Crippen molar-refractivity contribution in [1.29, 1.82) is 0 Å². The molecule has 3 N–H and O–H groups in total. The Labute approximate surface area is 132 Å². The molecular weight excluding hydrogens is 294 g/mol. The summed E-state index contributed by atoms with van der Waals surface area (Å²) >= 11 is 0. The Bertz CT molecular complexity index is 835. The van der Waals surface area contributed by atoms with Crippen molar-refractivity contribution < 1.29 is 9.84 Å². The lowest BCUT2D eigenvalue weighted by atomic mass is 9.80. The highest BCUT2D eigenvalue weighted by Crippen LogP contribution is 2.41. The molecule has 0 amide bonds. The van der Waals surface area contributed by atoms with Gasteiger partial charge in [0, 0.05) is 11.8 Å². The fourth-order valence-corrected chi connectivity index (χ4v) is 3.16. The van der Waals surface area contributed by atoms with Crippen LogP contribution in [0.2, 0.25) is 0 Å². The molecule has 0 bridgehead atoms. The molecule has 2 atom stereocenters. The van der Waals surface area contributed by atoms with Gasteiger partial charge in [0.1, 0.15) is 18.1 Å². The third kappa shape index (κ3) is 2.16. The molecule has 0 aliphatic carbocycles. The van der Waals surface area contributed by atoms with Crippen LogP contribution in [0.3, 0.4) is 0 Å². The summed E-state index contributed by atoms with van der Waals surface area (Å²) < 4.78 is 7.82. The Morgan fingerprint density at radius 3 is 2.87 bits per heavy atom. The molecule has 0 spiro atoms. The molecule has 1 aromatic carbocycles. The summed E-state index contributed by atoms with van der Waals surface area (Å²) in [7, 11) is 0. The zero-order chi connectivity index (χ0) is 15.9. The van der Waals surface area contributed by atoms with Gasteiger partial charge in [-0.05, 0) is 5.56 Å². The summed E-state index contributed by atoms with van der Waals surface area (Å²) in [6.45, 7) is 0.468. The number of ether oxygens (including phenoxy) is 1. The van der Waals surface area contributed by atoms with E-state index in [1.165, 1.54) is 6.33 Å². The summed E-state index contributed by atoms with van der Waals surface area (Å²) in [4.78, 5) is 12.5. The summed E-state index contributed by atoms with van der Waals surface area (Å²) in [5, 5.41) is 9.99. The van der Waals surface area contributed by atoms with E-state index in [1.807, 2.05) is 34.9 Å². The molecule has 3 aromatic rings. The van der Waals surface area contributed by atoms with E-state index in [2.05, 4.69) is 15.0 Å². The highest BCUT2D eigenvalue weighted by atomic mass is 16.5. The lowest BCUT2D eigenvalue weighted by Crippen LogP contribution is -2.31. The normalized spacial score (nSPS) is 24.3. The third-order valence-electron chi connectivity index (χ3n) is 4.50. The maximum atomic E-state index is 9.99. The van der Waals surface area contributed by atoms with Crippen molar-refractivity contribution in [3.05, 3.63) is 48.5 Å². The van der Waals surface area contributed by atoms with E-state index in [0.717, 1.165) is 5.56 Å². The van der Waals surface area contributed by atoms with Crippen LogP contribution in [0, 0.1) is 0 Å². The number of hydrogen-bond acceptors (Lipinski definition) is 6. The second-order valence-corrected chi connectivity index (χ2v) is 5.86. The third-order valence-corrected chi connectivity index (χ3v) is 4.50. The van der Waals surface area contributed by atoms with Crippen LogP contribution in [-0.2, 0) is 10.2 Å². The number of rotatable bonds is 3. The van der Waals surface area contributed by atoms with Crippen molar-refractivity contribution in [3.8, 4) is 0 Å².